The smallest absolute Gasteiger partial charge is 0.134 e. The summed E-state index contributed by atoms with van der Waals surface area (Å²) in [7, 11) is 0. The summed E-state index contributed by atoms with van der Waals surface area (Å²) in [5.41, 5.74) is 2.39. The summed E-state index contributed by atoms with van der Waals surface area (Å²) in [6.45, 7) is 3.70. The van der Waals surface area contributed by atoms with Gasteiger partial charge in [-0.1, -0.05) is 17.7 Å². The van der Waals surface area contributed by atoms with Crippen molar-refractivity contribution in [3.05, 3.63) is 29.3 Å². The molecule has 0 aliphatic carbocycles. The first kappa shape index (κ1) is 10.3. The van der Waals surface area contributed by atoms with Crippen LogP contribution in [-0.4, -0.2) is 12.0 Å². The summed E-state index contributed by atoms with van der Waals surface area (Å²) in [6.07, 6.45) is 2.59. The van der Waals surface area contributed by atoms with Crippen LogP contribution < -0.4 is 0 Å². The van der Waals surface area contributed by atoms with Gasteiger partial charge in [0.2, 0.25) is 0 Å². The Kier molecular flexibility index (Phi) is 3.55. The van der Waals surface area contributed by atoms with Gasteiger partial charge in [-0.2, -0.15) is 0 Å². The Hall–Kier alpha value is -0.760. The van der Waals surface area contributed by atoms with Crippen molar-refractivity contribution in [2.24, 2.45) is 0 Å². The summed E-state index contributed by atoms with van der Waals surface area (Å²) in [6, 6.07) is 6.23. The standard InChI is InChI=1S/C11H14OS/c1-8-4-5-10(7-9(2)12)11(6-8)13-3/h4-6H,7H2,1-3H3. The van der Waals surface area contributed by atoms with Gasteiger partial charge in [0.1, 0.15) is 5.78 Å². The molecule has 0 heterocycles. The van der Waals surface area contributed by atoms with Crippen LogP contribution in [0, 0.1) is 6.92 Å². The van der Waals surface area contributed by atoms with Crippen molar-refractivity contribution in [3.8, 4) is 0 Å². The fourth-order valence-electron chi connectivity index (χ4n) is 1.27. The molecule has 1 rings (SSSR count). The second-order valence-electron chi connectivity index (χ2n) is 3.19. The van der Waals surface area contributed by atoms with Gasteiger partial charge >= 0.3 is 0 Å². The van der Waals surface area contributed by atoms with Crippen molar-refractivity contribution >= 4 is 17.5 Å². The van der Waals surface area contributed by atoms with Gasteiger partial charge in [0.15, 0.2) is 0 Å². The number of aryl methyl sites for hydroxylation is 1. The van der Waals surface area contributed by atoms with Crippen LogP contribution in [0.3, 0.4) is 0 Å². The first-order valence-corrected chi connectivity index (χ1v) is 5.49. The van der Waals surface area contributed by atoms with Crippen LogP contribution in [0.5, 0.6) is 0 Å². The monoisotopic (exact) mass is 194 g/mol. The highest BCUT2D eigenvalue weighted by Crippen LogP contribution is 2.22. The molecule has 0 spiro atoms. The van der Waals surface area contributed by atoms with Crippen molar-refractivity contribution in [3.63, 3.8) is 0 Å². The van der Waals surface area contributed by atoms with Crippen LogP contribution in [0.2, 0.25) is 0 Å². The van der Waals surface area contributed by atoms with Crippen molar-refractivity contribution in [1.29, 1.82) is 0 Å². The second-order valence-corrected chi connectivity index (χ2v) is 4.04. The van der Waals surface area contributed by atoms with Gasteiger partial charge in [0, 0.05) is 11.3 Å². The Labute approximate surface area is 83.5 Å². The third kappa shape index (κ3) is 2.88. The predicted octanol–water partition coefficient (Wildman–Crippen LogP) is 2.85. The number of Topliss-reactive ketones (excluding diaryl/α,β-unsaturated/α-hetero) is 1. The molecule has 2 heteroatoms. The number of hydrogen-bond donors (Lipinski definition) is 0. The molecule has 0 aliphatic rings. The lowest BCUT2D eigenvalue weighted by Gasteiger charge is -2.06. The maximum atomic E-state index is 11.0. The first-order chi connectivity index (χ1) is 6.13. The lowest BCUT2D eigenvalue weighted by Crippen LogP contribution is -1.98. The molecular weight excluding hydrogens is 180 g/mol. The second kappa shape index (κ2) is 4.47. The maximum Gasteiger partial charge on any atom is 0.134 e. The van der Waals surface area contributed by atoms with Crippen molar-refractivity contribution < 1.29 is 4.79 Å². The minimum atomic E-state index is 0.221. The Balaban J connectivity index is 2.99. The van der Waals surface area contributed by atoms with E-state index >= 15 is 0 Å². The molecule has 0 aliphatic heterocycles. The SMILES string of the molecule is CSc1cc(C)ccc1CC(C)=O. The molecular formula is C11H14OS. The zero-order valence-electron chi connectivity index (χ0n) is 8.26. The minimum Gasteiger partial charge on any atom is -0.300 e. The van der Waals surface area contributed by atoms with Gasteiger partial charge in [-0.25, -0.2) is 0 Å². The maximum absolute atomic E-state index is 11.0. The molecule has 0 aromatic heterocycles. The normalized spacial score (nSPS) is 10.1. The summed E-state index contributed by atoms with van der Waals surface area (Å²) in [5, 5.41) is 0. The Morgan fingerprint density at radius 2 is 2.15 bits per heavy atom. The summed E-state index contributed by atoms with van der Waals surface area (Å²) in [5.74, 6) is 0.221. The summed E-state index contributed by atoms with van der Waals surface area (Å²) < 4.78 is 0. The van der Waals surface area contributed by atoms with Crippen molar-refractivity contribution in [2.45, 2.75) is 25.2 Å². The highest BCUT2D eigenvalue weighted by atomic mass is 32.2. The predicted molar refractivity (Wildman–Crippen MR) is 57.3 cm³/mol. The summed E-state index contributed by atoms with van der Waals surface area (Å²) in [4.78, 5) is 12.2. The Morgan fingerprint density at radius 1 is 1.46 bits per heavy atom. The molecule has 1 nitrogen and oxygen atoms in total. The Bertz CT molecular complexity index is 318. The largest absolute Gasteiger partial charge is 0.300 e. The fourth-order valence-corrected chi connectivity index (χ4v) is 1.97. The van der Waals surface area contributed by atoms with E-state index in [1.807, 2.05) is 12.3 Å². The van der Waals surface area contributed by atoms with Gasteiger partial charge in [-0.05, 0) is 31.7 Å². The van der Waals surface area contributed by atoms with E-state index < -0.39 is 0 Å². The fraction of sp³-hybridized carbons (Fsp3) is 0.364. The molecule has 0 atom stereocenters. The van der Waals surface area contributed by atoms with Crippen LogP contribution >= 0.6 is 11.8 Å². The zero-order valence-corrected chi connectivity index (χ0v) is 9.07. The van der Waals surface area contributed by atoms with Crippen LogP contribution in [-0.2, 0) is 11.2 Å². The number of benzene rings is 1. The average molecular weight is 194 g/mol. The third-order valence-corrected chi connectivity index (χ3v) is 2.70. The van der Waals surface area contributed by atoms with E-state index in [1.165, 1.54) is 10.5 Å². The Morgan fingerprint density at radius 3 is 2.69 bits per heavy atom. The van der Waals surface area contributed by atoms with E-state index in [0.29, 0.717) is 6.42 Å². The number of carbonyl (C=O) groups is 1. The molecule has 0 unspecified atom stereocenters. The van der Waals surface area contributed by atoms with Gasteiger partial charge in [-0.15, -0.1) is 11.8 Å². The topological polar surface area (TPSA) is 17.1 Å². The molecule has 1 aromatic carbocycles. The van der Waals surface area contributed by atoms with Crippen LogP contribution in [0.1, 0.15) is 18.1 Å². The van der Waals surface area contributed by atoms with Crippen molar-refractivity contribution in [1.82, 2.24) is 0 Å². The van der Waals surface area contributed by atoms with Crippen LogP contribution in [0.4, 0.5) is 0 Å². The van der Waals surface area contributed by atoms with Gasteiger partial charge in [0.25, 0.3) is 0 Å². The average Bonchev–Trinajstić information content (AvgIpc) is 2.07. The van der Waals surface area contributed by atoms with Crippen LogP contribution in [0.15, 0.2) is 23.1 Å². The molecule has 0 radical (unpaired) electrons. The third-order valence-electron chi connectivity index (χ3n) is 1.88. The van der Waals surface area contributed by atoms with E-state index in [9.17, 15) is 4.79 Å². The van der Waals surface area contributed by atoms with E-state index in [-0.39, 0.29) is 5.78 Å². The van der Waals surface area contributed by atoms with E-state index in [0.717, 1.165) is 5.56 Å². The lowest BCUT2D eigenvalue weighted by atomic mass is 10.1. The van der Waals surface area contributed by atoms with E-state index in [4.69, 9.17) is 0 Å². The molecule has 0 saturated carbocycles. The van der Waals surface area contributed by atoms with Gasteiger partial charge < -0.3 is 0 Å². The van der Waals surface area contributed by atoms with Crippen LogP contribution in [0.25, 0.3) is 0 Å². The molecule has 0 amide bonds. The molecule has 0 bridgehead atoms. The highest BCUT2D eigenvalue weighted by molar-refractivity contribution is 7.98. The zero-order chi connectivity index (χ0) is 9.84. The molecule has 70 valence electrons. The van der Waals surface area contributed by atoms with Crippen molar-refractivity contribution in [2.75, 3.05) is 6.26 Å². The minimum absolute atomic E-state index is 0.221. The number of carbonyl (C=O) groups excluding carboxylic acids is 1. The van der Waals surface area contributed by atoms with Gasteiger partial charge in [0.05, 0.1) is 0 Å². The number of hydrogen-bond acceptors (Lipinski definition) is 2. The van der Waals surface area contributed by atoms with E-state index in [2.05, 4.69) is 19.1 Å². The number of rotatable bonds is 3. The molecule has 1 aromatic rings. The first-order valence-electron chi connectivity index (χ1n) is 4.26. The quantitative estimate of drug-likeness (QED) is 0.688. The summed E-state index contributed by atoms with van der Waals surface area (Å²) >= 11 is 1.70. The molecule has 0 N–H and O–H groups in total. The lowest BCUT2D eigenvalue weighted by molar-refractivity contribution is -0.116. The molecule has 0 saturated heterocycles. The molecule has 13 heavy (non-hydrogen) atoms. The number of thioether (sulfide) groups is 1. The molecule has 0 fully saturated rings. The van der Waals surface area contributed by atoms with Gasteiger partial charge in [-0.3, -0.25) is 4.79 Å². The number of ketones is 1. The highest BCUT2D eigenvalue weighted by Gasteiger charge is 2.03. The van der Waals surface area contributed by atoms with E-state index in [1.54, 1.807) is 18.7 Å².